The lowest BCUT2D eigenvalue weighted by Gasteiger charge is -2.37. The van der Waals surface area contributed by atoms with Gasteiger partial charge in [-0.05, 0) is 25.7 Å². The molecule has 0 unspecified atom stereocenters. The zero-order valence-electron chi connectivity index (χ0n) is 10.9. The van der Waals surface area contributed by atoms with E-state index < -0.39 is 0 Å². The molecule has 4 heterocycles. The van der Waals surface area contributed by atoms with Crippen LogP contribution in [0.3, 0.4) is 0 Å². The monoisotopic (exact) mass is 273 g/mol. The first kappa shape index (κ1) is 11.6. The highest BCUT2D eigenvalue weighted by Gasteiger charge is 2.45. The van der Waals surface area contributed by atoms with Crippen LogP contribution in [-0.4, -0.2) is 43.0 Å². The van der Waals surface area contributed by atoms with Crippen molar-refractivity contribution in [2.24, 2.45) is 0 Å². The van der Waals surface area contributed by atoms with Gasteiger partial charge in [0, 0.05) is 18.2 Å². The number of aromatic nitrogens is 4. The van der Waals surface area contributed by atoms with Crippen molar-refractivity contribution in [3.05, 3.63) is 30.4 Å². The molecule has 2 fully saturated rings. The molecule has 2 atom stereocenters. The topological polar surface area (TPSA) is 77.0 Å². The number of hydrogen-bond acceptors (Lipinski definition) is 5. The number of carbonyl (C=O) groups is 1. The van der Waals surface area contributed by atoms with Crippen LogP contribution in [-0.2, 0) is 0 Å². The smallest absolute Gasteiger partial charge is 0.292 e. The van der Waals surface area contributed by atoms with E-state index in [4.69, 9.17) is 4.52 Å². The number of nitrogens with zero attached hydrogens (tertiary/aromatic N) is 5. The minimum absolute atomic E-state index is 0.0399. The summed E-state index contributed by atoms with van der Waals surface area (Å²) in [6.45, 7) is 0. The number of hydrogen-bond donors (Lipinski definition) is 0. The van der Waals surface area contributed by atoms with Gasteiger partial charge in [-0.3, -0.25) is 4.79 Å². The molecule has 0 N–H and O–H groups in total. The SMILES string of the molecule is O=C(c1ccno1)N1[C@H]2CC[C@H]1CC(n1nccn1)C2. The first-order valence-corrected chi connectivity index (χ1v) is 6.92. The van der Waals surface area contributed by atoms with Crippen LogP contribution in [0.2, 0.25) is 0 Å². The Balaban J connectivity index is 1.56. The van der Waals surface area contributed by atoms with Crippen molar-refractivity contribution in [1.82, 2.24) is 25.1 Å². The average Bonchev–Trinajstić information content (AvgIpc) is 3.18. The third-order valence-corrected chi connectivity index (χ3v) is 4.35. The van der Waals surface area contributed by atoms with Gasteiger partial charge in [0.2, 0.25) is 5.76 Å². The number of carbonyl (C=O) groups excluding carboxylic acids is 1. The molecule has 2 aliphatic heterocycles. The quantitative estimate of drug-likeness (QED) is 0.823. The van der Waals surface area contributed by atoms with Crippen LogP contribution in [0.1, 0.15) is 42.3 Å². The van der Waals surface area contributed by atoms with Crippen molar-refractivity contribution in [2.45, 2.75) is 43.8 Å². The van der Waals surface area contributed by atoms with Gasteiger partial charge < -0.3 is 9.42 Å². The largest absolute Gasteiger partial charge is 0.351 e. The van der Waals surface area contributed by atoms with Gasteiger partial charge in [0.15, 0.2) is 0 Å². The first-order chi connectivity index (χ1) is 9.83. The summed E-state index contributed by atoms with van der Waals surface area (Å²) in [5.41, 5.74) is 0. The van der Waals surface area contributed by atoms with Crippen LogP contribution >= 0.6 is 0 Å². The van der Waals surface area contributed by atoms with E-state index in [0.29, 0.717) is 11.8 Å². The molecule has 2 aliphatic rings. The predicted molar refractivity (Wildman–Crippen MR) is 67.8 cm³/mol. The van der Waals surface area contributed by atoms with Gasteiger partial charge >= 0.3 is 0 Å². The van der Waals surface area contributed by atoms with Crippen molar-refractivity contribution >= 4 is 5.91 Å². The highest BCUT2D eigenvalue weighted by atomic mass is 16.5. The number of fused-ring (bicyclic) bond motifs is 2. The van der Waals surface area contributed by atoms with Gasteiger partial charge in [-0.25, -0.2) is 0 Å². The lowest BCUT2D eigenvalue weighted by molar-refractivity contribution is 0.0472. The van der Waals surface area contributed by atoms with E-state index in [1.54, 1.807) is 23.3 Å². The Morgan fingerprint density at radius 1 is 1.10 bits per heavy atom. The van der Waals surface area contributed by atoms with Crippen LogP contribution in [0.4, 0.5) is 0 Å². The predicted octanol–water partition coefficient (Wildman–Crippen LogP) is 1.27. The summed E-state index contributed by atoms with van der Waals surface area (Å²) >= 11 is 0. The molecule has 2 aromatic rings. The highest BCUT2D eigenvalue weighted by Crippen LogP contribution is 2.40. The molecule has 104 valence electrons. The molecule has 4 rings (SSSR count). The second-order valence-electron chi connectivity index (χ2n) is 5.45. The highest BCUT2D eigenvalue weighted by molar-refractivity contribution is 5.92. The van der Waals surface area contributed by atoms with Crippen molar-refractivity contribution in [3.8, 4) is 0 Å². The Morgan fingerprint density at radius 3 is 2.40 bits per heavy atom. The molecule has 0 aromatic carbocycles. The fraction of sp³-hybridized carbons (Fsp3) is 0.538. The maximum Gasteiger partial charge on any atom is 0.292 e. The second-order valence-corrected chi connectivity index (χ2v) is 5.45. The van der Waals surface area contributed by atoms with Crippen LogP contribution in [0.25, 0.3) is 0 Å². The van der Waals surface area contributed by atoms with E-state index in [1.165, 1.54) is 6.20 Å². The minimum atomic E-state index is -0.0399. The zero-order valence-corrected chi connectivity index (χ0v) is 10.9. The summed E-state index contributed by atoms with van der Waals surface area (Å²) in [6.07, 6.45) is 8.82. The van der Waals surface area contributed by atoms with E-state index >= 15 is 0 Å². The molecule has 0 radical (unpaired) electrons. The van der Waals surface area contributed by atoms with Crippen LogP contribution in [0, 0.1) is 0 Å². The van der Waals surface area contributed by atoms with E-state index in [1.807, 2.05) is 4.90 Å². The molecule has 0 saturated carbocycles. The summed E-state index contributed by atoms with van der Waals surface area (Å²) in [4.78, 5) is 16.2. The van der Waals surface area contributed by atoms with Crippen molar-refractivity contribution in [2.75, 3.05) is 0 Å². The third kappa shape index (κ3) is 1.73. The molecule has 7 heteroatoms. The summed E-state index contributed by atoms with van der Waals surface area (Å²) in [5, 5.41) is 12.1. The van der Waals surface area contributed by atoms with Crippen molar-refractivity contribution in [3.63, 3.8) is 0 Å². The average molecular weight is 273 g/mol. The molecule has 0 spiro atoms. The van der Waals surface area contributed by atoms with Crippen molar-refractivity contribution in [1.29, 1.82) is 0 Å². The first-order valence-electron chi connectivity index (χ1n) is 6.92. The zero-order chi connectivity index (χ0) is 13.5. The van der Waals surface area contributed by atoms with Gasteiger partial charge in [0.25, 0.3) is 5.91 Å². The third-order valence-electron chi connectivity index (χ3n) is 4.35. The summed E-state index contributed by atoms with van der Waals surface area (Å²) < 4.78 is 5.00. The lowest BCUT2D eigenvalue weighted by Crippen LogP contribution is -2.47. The molecular formula is C13H15N5O2. The molecule has 2 bridgehead atoms. The molecular weight excluding hydrogens is 258 g/mol. The molecule has 0 aliphatic carbocycles. The standard InChI is InChI=1S/C13H15N5O2/c19-13(12-3-4-16-20-12)17-9-1-2-10(17)8-11(7-9)18-14-5-6-15-18/h3-6,9-11H,1-2,7-8H2/t9-,10-/m0/s1. The van der Waals surface area contributed by atoms with Gasteiger partial charge in [-0.1, -0.05) is 5.16 Å². The van der Waals surface area contributed by atoms with Gasteiger partial charge in [-0.2, -0.15) is 15.0 Å². The molecule has 20 heavy (non-hydrogen) atoms. The Hall–Kier alpha value is -2.18. The Kier molecular flexibility index (Phi) is 2.58. The molecule has 7 nitrogen and oxygen atoms in total. The summed E-state index contributed by atoms with van der Waals surface area (Å²) in [6, 6.07) is 2.43. The summed E-state index contributed by atoms with van der Waals surface area (Å²) in [7, 11) is 0. The van der Waals surface area contributed by atoms with E-state index in [2.05, 4.69) is 15.4 Å². The fourth-order valence-electron chi connectivity index (χ4n) is 3.54. The van der Waals surface area contributed by atoms with Crippen LogP contribution in [0.5, 0.6) is 0 Å². The Morgan fingerprint density at radius 2 is 1.80 bits per heavy atom. The number of rotatable bonds is 2. The van der Waals surface area contributed by atoms with E-state index in [9.17, 15) is 4.79 Å². The molecule has 2 saturated heterocycles. The lowest BCUT2D eigenvalue weighted by atomic mass is 9.97. The fourth-order valence-corrected chi connectivity index (χ4v) is 3.54. The molecule has 2 aromatic heterocycles. The van der Waals surface area contributed by atoms with Gasteiger partial charge in [0.1, 0.15) is 0 Å². The number of amides is 1. The maximum absolute atomic E-state index is 12.5. The normalized spacial score (nSPS) is 28.8. The van der Waals surface area contributed by atoms with Crippen LogP contribution < -0.4 is 0 Å². The maximum atomic E-state index is 12.5. The van der Waals surface area contributed by atoms with Crippen molar-refractivity contribution < 1.29 is 9.32 Å². The van der Waals surface area contributed by atoms with E-state index in [0.717, 1.165) is 25.7 Å². The summed E-state index contributed by atoms with van der Waals surface area (Å²) in [5.74, 6) is 0.291. The Bertz CT molecular complexity index is 580. The van der Waals surface area contributed by atoms with Gasteiger partial charge in [0.05, 0.1) is 24.6 Å². The number of piperidine rings is 1. The van der Waals surface area contributed by atoms with Crippen LogP contribution in [0.15, 0.2) is 29.2 Å². The Labute approximate surface area is 115 Å². The molecule has 1 amide bonds. The second kappa shape index (κ2) is 4.43. The van der Waals surface area contributed by atoms with Gasteiger partial charge in [-0.15, -0.1) is 0 Å². The minimum Gasteiger partial charge on any atom is -0.351 e. The van der Waals surface area contributed by atoms with E-state index in [-0.39, 0.29) is 18.0 Å².